The Labute approximate surface area is 145 Å². The van der Waals surface area contributed by atoms with Gasteiger partial charge in [-0.05, 0) is 42.8 Å². The van der Waals surface area contributed by atoms with Crippen LogP contribution in [0.5, 0.6) is 0 Å². The van der Waals surface area contributed by atoms with Crippen molar-refractivity contribution < 1.29 is 9.59 Å². The highest BCUT2D eigenvalue weighted by atomic mass is 16.2. The molecule has 6 nitrogen and oxygen atoms in total. The van der Waals surface area contributed by atoms with E-state index >= 15 is 0 Å². The van der Waals surface area contributed by atoms with Crippen LogP contribution in [0.4, 0.5) is 5.69 Å². The van der Waals surface area contributed by atoms with Crippen molar-refractivity contribution in [1.29, 1.82) is 0 Å². The summed E-state index contributed by atoms with van der Waals surface area (Å²) in [6.07, 6.45) is 2.15. The highest BCUT2D eigenvalue weighted by Gasteiger charge is 2.08. The third-order valence-corrected chi connectivity index (χ3v) is 4.11. The summed E-state index contributed by atoms with van der Waals surface area (Å²) in [5, 5.41) is 10.9. The number of amides is 2. The number of aromatic nitrogens is 2. The fraction of sp³-hybridized carbons (Fsp3) is 0.211. The fourth-order valence-electron chi connectivity index (χ4n) is 2.71. The van der Waals surface area contributed by atoms with E-state index in [0.29, 0.717) is 24.2 Å². The molecule has 0 unspecified atom stereocenters. The van der Waals surface area contributed by atoms with Crippen molar-refractivity contribution in [2.24, 2.45) is 0 Å². The first kappa shape index (κ1) is 16.7. The first-order valence-corrected chi connectivity index (χ1v) is 8.11. The van der Waals surface area contributed by atoms with E-state index in [4.69, 9.17) is 0 Å². The molecule has 0 spiro atoms. The molecule has 0 radical (unpaired) electrons. The summed E-state index contributed by atoms with van der Waals surface area (Å²) >= 11 is 0. The lowest BCUT2D eigenvalue weighted by molar-refractivity contribution is -0.116. The lowest BCUT2D eigenvalue weighted by Crippen LogP contribution is -2.18. The van der Waals surface area contributed by atoms with Gasteiger partial charge < -0.3 is 10.6 Å². The first-order chi connectivity index (χ1) is 12.1. The second kappa shape index (κ2) is 7.17. The molecule has 2 aromatic carbocycles. The van der Waals surface area contributed by atoms with Crippen LogP contribution in [0.2, 0.25) is 0 Å². The van der Waals surface area contributed by atoms with Crippen molar-refractivity contribution in [3.8, 4) is 0 Å². The topological polar surface area (TPSA) is 76.0 Å². The lowest BCUT2D eigenvalue weighted by atomic mass is 10.1. The molecule has 0 aliphatic heterocycles. The zero-order valence-corrected chi connectivity index (χ0v) is 14.2. The van der Waals surface area contributed by atoms with Crippen molar-refractivity contribution in [2.45, 2.75) is 19.9 Å². The van der Waals surface area contributed by atoms with Crippen LogP contribution < -0.4 is 10.6 Å². The Balaban J connectivity index is 1.61. The number of aryl methyl sites for hydroxylation is 2. The molecular formula is C19H20N4O2. The van der Waals surface area contributed by atoms with E-state index in [9.17, 15) is 9.59 Å². The number of nitrogens with one attached hydrogen (secondary N) is 2. The summed E-state index contributed by atoms with van der Waals surface area (Å²) < 4.78 is 1.84. The third kappa shape index (κ3) is 3.68. The molecule has 0 saturated heterocycles. The summed E-state index contributed by atoms with van der Waals surface area (Å²) in [6, 6.07) is 12.8. The van der Waals surface area contributed by atoms with Gasteiger partial charge in [-0.15, -0.1) is 0 Å². The van der Waals surface area contributed by atoms with Crippen molar-refractivity contribution in [3.05, 3.63) is 59.8 Å². The first-order valence-electron chi connectivity index (χ1n) is 8.11. The summed E-state index contributed by atoms with van der Waals surface area (Å²) in [4.78, 5) is 23.7. The molecule has 0 atom stereocenters. The molecule has 2 amide bonds. The minimum absolute atomic E-state index is 0.0935. The van der Waals surface area contributed by atoms with Gasteiger partial charge in [-0.25, -0.2) is 0 Å². The number of fused-ring (bicyclic) bond motifs is 1. The molecule has 0 bridgehead atoms. The Morgan fingerprint density at radius 3 is 2.60 bits per heavy atom. The largest absolute Gasteiger partial charge is 0.355 e. The van der Waals surface area contributed by atoms with E-state index in [1.807, 2.05) is 36.0 Å². The average molecular weight is 336 g/mol. The number of hydrogen-bond acceptors (Lipinski definition) is 3. The van der Waals surface area contributed by atoms with Crippen LogP contribution in [0.1, 0.15) is 22.3 Å². The summed E-state index contributed by atoms with van der Waals surface area (Å²) in [6.45, 7) is 2.55. The van der Waals surface area contributed by atoms with E-state index in [1.54, 1.807) is 31.3 Å². The van der Waals surface area contributed by atoms with Gasteiger partial charge >= 0.3 is 0 Å². The maximum Gasteiger partial charge on any atom is 0.251 e. The van der Waals surface area contributed by atoms with E-state index in [-0.39, 0.29) is 11.8 Å². The summed E-state index contributed by atoms with van der Waals surface area (Å²) in [5.74, 6) is -0.247. The Hall–Kier alpha value is -3.15. The quantitative estimate of drug-likeness (QED) is 0.752. The SMILES string of the molecule is CNC(=O)c1ccc(NC(=O)CCn2ncc3c(C)cccc32)cc1. The van der Waals surface area contributed by atoms with Gasteiger partial charge in [-0.2, -0.15) is 5.10 Å². The van der Waals surface area contributed by atoms with Crippen LogP contribution in [0.3, 0.4) is 0 Å². The minimum Gasteiger partial charge on any atom is -0.355 e. The van der Waals surface area contributed by atoms with Crippen LogP contribution in [0, 0.1) is 6.92 Å². The van der Waals surface area contributed by atoms with Gasteiger partial charge in [0.05, 0.1) is 18.3 Å². The second-order valence-electron chi connectivity index (χ2n) is 5.83. The third-order valence-electron chi connectivity index (χ3n) is 4.11. The molecule has 6 heteroatoms. The molecule has 3 aromatic rings. The van der Waals surface area contributed by atoms with Gasteiger partial charge in [-0.1, -0.05) is 12.1 Å². The van der Waals surface area contributed by atoms with Gasteiger partial charge in [-0.3, -0.25) is 14.3 Å². The second-order valence-corrected chi connectivity index (χ2v) is 5.83. The number of carbonyl (C=O) groups is 2. The molecule has 25 heavy (non-hydrogen) atoms. The Morgan fingerprint density at radius 1 is 1.12 bits per heavy atom. The molecule has 128 valence electrons. The van der Waals surface area contributed by atoms with Gasteiger partial charge in [0.2, 0.25) is 5.91 Å². The lowest BCUT2D eigenvalue weighted by Gasteiger charge is -2.07. The normalized spacial score (nSPS) is 10.6. The molecule has 0 aliphatic carbocycles. The molecule has 3 rings (SSSR count). The molecular weight excluding hydrogens is 316 g/mol. The van der Waals surface area contributed by atoms with E-state index in [0.717, 1.165) is 10.9 Å². The Kier molecular flexibility index (Phi) is 4.79. The van der Waals surface area contributed by atoms with Gasteiger partial charge in [0.25, 0.3) is 5.91 Å². The standard InChI is InChI=1S/C19H20N4O2/c1-13-4-3-5-17-16(13)12-21-23(17)11-10-18(24)22-15-8-6-14(7-9-15)19(25)20-2/h3-9,12H,10-11H2,1-2H3,(H,20,25)(H,22,24). The highest BCUT2D eigenvalue weighted by molar-refractivity contribution is 5.95. The maximum atomic E-state index is 12.2. The molecule has 1 aromatic heterocycles. The van der Waals surface area contributed by atoms with Gasteiger partial charge in [0.15, 0.2) is 0 Å². The predicted molar refractivity (Wildman–Crippen MR) is 97.5 cm³/mol. The number of hydrogen-bond donors (Lipinski definition) is 2. The van der Waals surface area contributed by atoms with Crippen LogP contribution >= 0.6 is 0 Å². The smallest absolute Gasteiger partial charge is 0.251 e. The molecule has 1 heterocycles. The number of nitrogens with zero attached hydrogens (tertiary/aromatic N) is 2. The van der Waals surface area contributed by atoms with Crippen molar-refractivity contribution in [1.82, 2.24) is 15.1 Å². The zero-order valence-electron chi connectivity index (χ0n) is 14.2. The van der Waals surface area contributed by atoms with Crippen molar-refractivity contribution in [3.63, 3.8) is 0 Å². The molecule has 0 fully saturated rings. The number of rotatable bonds is 5. The molecule has 0 saturated carbocycles. The van der Waals surface area contributed by atoms with Crippen molar-refractivity contribution in [2.75, 3.05) is 12.4 Å². The van der Waals surface area contributed by atoms with Crippen molar-refractivity contribution >= 4 is 28.4 Å². The summed E-state index contributed by atoms with van der Waals surface area (Å²) in [5.41, 5.74) is 3.42. The Morgan fingerprint density at radius 2 is 1.88 bits per heavy atom. The number of benzene rings is 2. The van der Waals surface area contributed by atoms with E-state index in [1.165, 1.54) is 5.56 Å². The van der Waals surface area contributed by atoms with Crippen LogP contribution in [-0.4, -0.2) is 28.6 Å². The van der Waals surface area contributed by atoms with Gasteiger partial charge in [0, 0.05) is 30.1 Å². The highest BCUT2D eigenvalue weighted by Crippen LogP contribution is 2.18. The minimum atomic E-state index is -0.154. The summed E-state index contributed by atoms with van der Waals surface area (Å²) in [7, 11) is 1.58. The number of anilines is 1. The molecule has 0 aliphatic rings. The van der Waals surface area contributed by atoms with E-state index in [2.05, 4.69) is 15.7 Å². The predicted octanol–water partition coefficient (Wildman–Crippen LogP) is 2.73. The van der Waals surface area contributed by atoms with E-state index < -0.39 is 0 Å². The van der Waals surface area contributed by atoms with Gasteiger partial charge in [0.1, 0.15) is 0 Å². The van der Waals surface area contributed by atoms with Crippen LogP contribution in [0.25, 0.3) is 10.9 Å². The Bertz CT molecular complexity index is 913. The average Bonchev–Trinajstić information content (AvgIpc) is 3.04. The fourth-order valence-corrected chi connectivity index (χ4v) is 2.71. The monoisotopic (exact) mass is 336 g/mol. The van der Waals surface area contributed by atoms with Crippen LogP contribution in [-0.2, 0) is 11.3 Å². The van der Waals surface area contributed by atoms with Crippen LogP contribution in [0.15, 0.2) is 48.7 Å². The molecule has 2 N–H and O–H groups in total. The maximum absolute atomic E-state index is 12.2. The number of carbonyl (C=O) groups excluding carboxylic acids is 2. The zero-order chi connectivity index (χ0) is 17.8.